The molecule has 5 nitrogen and oxygen atoms in total. The van der Waals surface area contributed by atoms with Crippen molar-refractivity contribution in [3.8, 4) is 0 Å². The molecule has 3 rings (SSSR count). The first-order valence-electron chi connectivity index (χ1n) is 9.30. The van der Waals surface area contributed by atoms with E-state index in [9.17, 15) is 5.11 Å². The minimum atomic E-state index is -0.615. The van der Waals surface area contributed by atoms with Gasteiger partial charge in [0.15, 0.2) is 5.96 Å². The summed E-state index contributed by atoms with van der Waals surface area (Å²) in [5, 5.41) is 17.7. The molecule has 146 valence electrons. The van der Waals surface area contributed by atoms with Gasteiger partial charge >= 0.3 is 0 Å². The number of rotatable bonds is 5. The van der Waals surface area contributed by atoms with Gasteiger partial charge in [-0.05, 0) is 37.0 Å². The molecule has 1 saturated carbocycles. The Hall–Kier alpha value is -0.570. The second-order valence-corrected chi connectivity index (χ2v) is 7.52. The van der Waals surface area contributed by atoms with E-state index in [-0.39, 0.29) is 24.0 Å². The Kier molecular flexibility index (Phi) is 8.93. The minimum absolute atomic E-state index is 0. The zero-order chi connectivity index (χ0) is 17.6. The highest BCUT2D eigenvalue weighted by atomic mass is 127. The second-order valence-electron chi connectivity index (χ2n) is 7.09. The van der Waals surface area contributed by atoms with Gasteiger partial charge in [-0.1, -0.05) is 36.6 Å². The Labute approximate surface area is 178 Å². The summed E-state index contributed by atoms with van der Waals surface area (Å²) in [6.07, 6.45) is 5.99. The van der Waals surface area contributed by atoms with Crippen LogP contribution in [0.1, 0.15) is 43.8 Å². The molecule has 26 heavy (non-hydrogen) atoms. The molecule has 1 aromatic carbocycles. The molecule has 0 spiro atoms. The van der Waals surface area contributed by atoms with Crippen LogP contribution >= 0.6 is 35.6 Å². The number of nitrogens with one attached hydrogen (secondary N) is 2. The van der Waals surface area contributed by atoms with Gasteiger partial charge in [0.25, 0.3) is 0 Å². The summed E-state index contributed by atoms with van der Waals surface area (Å²) in [7, 11) is 1.77. The topological polar surface area (TPSA) is 59.9 Å². The summed E-state index contributed by atoms with van der Waals surface area (Å²) in [4.78, 5) is 6.92. The lowest BCUT2D eigenvalue weighted by molar-refractivity contribution is 0.180. The molecular weight excluding hydrogens is 463 g/mol. The van der Waals surface area contributed by atoms with Crippen molar-refractivity contribution in [1.82, 2.24) is 15.5 Å². The largest absolute Gasteiger partial charge is 0.387 e. The number of aliphatic hydroxyl groups excluding tert-OH is 1. The number of guanidine groups is 1. The van der Waals surface area contributed by atoms with Gasteiger partial charge in [-0.2, -0.15) is 0 Å². The van der Waals surface area contributed by atoms with Crippen molar-refractivity contribution in [2.75, 3.05) is 26.7 Å². The highest BCUT2D eigenvalue weighted by molar-refractivity contribution is 14.0. The van der Waals surface area contributed by atoms with E-state index in [1.807, 2.05) is 18.2 Å². The molecule has 2 fully saturated rings. The summed E-state index contributed by atoms with van der Waals surface area (Å²) in [5.74, 6) is 0.749. The number of nitrogens with zero attached hydrogens (tertiary/aromatic N) is 2. The molecule has 3 N–H and O–H groups in total. The van der Waals surface area contributed by atoms with Gasteiger partial charge in [0.05, 0.1) is 6.10 Å². The van der Waals surface area contributed by atoms with E-state index in [1.165, 1.54) is 32.2 Å². The van der Waals surface area contributed by atoms with Crippen LogP contribution in [0.25, 0.3) is 0 Å². The molecule has 0 bridgehead atoms. The molecule has 1 saturated heterocycles. The van der Waals surface area contributed by atoms with Crippen molar-refractivity contribution in [2.45, 2.75) is 50.3 Å². The molecule has 1 aliphatic carbocycles. The molecule has 0 radical (unpaired) electrons. The maximum Gasteiger partial charge on any atom is 0.191 e. The quantitative estimate of drug-likeness (QED) is 0.336. The molecule has 2 atom stereocenters. The standard InChI is InChI=1S/C19H29ClN4O.HI/c1-21-19(22-12-18(25)14-5-4-6-15(20)11-14)23-16-9-10-24(13-16)17-7-2-3-8-17;/h4-6,11,16-18,25H,2-3,7-10,12-13H2,1H3,(H2,21,22,23);1H. The summed E-state index contributed by atoms with van der Waals surface area (Å²) in [5.41, 5.74) is 0.809. The van der Waals surface area contributed by atoms with Crippen LogP contribution in [0.15, 0.2) is 29.3 Å². The van der Waals surface area contributed by atoms with Crippen LogP contribution in [-0.2, 0) is 0 Å². The van der Waals surface area contributed by atoms with Crippen LogP contribution in [0.3, 0.4) is 0 Å². The predicted octanol–water partition coefficient (Wildman–Crippen LogP) is 3.17. The zero-order valence-corrected chi connectivity index (χ0v) is 18.4. The number of benzene rings is 1. The van der Waals surface area contributed by atoms with E-state index in [1.54, 1.807) is 13.1 Å². The fourth-order valence-electron chi connectivity index (χ4n) is 3.92. The molecule has 0 amide bonds. The van der Waals surface area contributed by atoms with Crippen LogP contribution in [0.4, 0.5) is 0 Å². The van der Waals surface area contributed by atoms with Gasteiger partial charge in [-0.15, -0.1) is 24.0 Å². The van der Waals surface area contributed by atoms with Gasteiger partial charge < -0.3 is 15.7 Å². The van der Waals surface area contributed by atoms with Gasteiger partial charge in [0.1, 0.15) is 0 Å². The first-order chi connectivity index (χ1) is 12.2. The van der Waals surface area contributed by atoms with Crippen molar-refractivity contribution in [3.63, 3.8) is 0 Å². The third kappa shape index (κ3) is 5.97. The number of aliphatic imine (C=N–C) groups is 1. The normalized spacial score (nSPS) is 22.9. The van der Waals surface area contributed by atoms with E-state index in [0.717, 1.165) is 30.5 Å². The monoisotopic (exact) mass is 492 g/mol. The van der Waals surface area contributed by atoms with Crippen molar-refractivity contribution in [3.05, 3.63) is 34.9 Å². The van der Waals surface area contributed by atoms with E-state index in [4.69, 9.17) is 11.6 Å². The summed E-state index contributed by atoms with van der Waals surface area (Å²) >= 11 is 5.99. The minimum Gasteiger partial charge on any atom is -0.387 e. The van der Waals surface area contributed by atoms with Crippen LogP contribution in [-0.4, -0.2) is 54.7 Å². The van der Waals surface area contributed by atoms with Crippen LogP contribution < -0.4 is 10.6 Å². The Morgan fingerprint density at radius 3 is 2.81 bits per heavy atom. The van der Waals surface area contributed by atoms with Gasteiger partial charge in [-0.3, -0.25) is 9.89 Å². The van der Waals surface area contributed by atoms with E-state index < -0.39 is 6.10 Å². The van der Waals surface area contributed by atoms with E-state index in [2.05, 4.69) is 20.5 Å². The Morgan fingerprint density at radius 2 is 2.12 bits per heavy atom. The third-order valence-electron chi connectivity index (χ3n) is 5.32. The van der Waals surface area contributed by atoms with Gasteiger partial charge in [0.2, 0.25) is 0 Å². The fourth-order valence-corrected chi connectivity index (χ4v) is 4.12. The molecule has 2 unspecified atom stereocenters. The number of hydrogen-bond acceptors (Lipinski definition) is 3. The summed E-state index contributed by atoms with van der Waals surface area (Å²) in [6.45, 7) is 2.66. The zero-order valence-electron chi connectivity index (χ0n) is 15.3. The molecule has 7 heteroatoms. The third-order valence-corrected chi connectivity index (χ3v) is 5.56. The number of aliphatic hydroxyl groups is 1. The molecule has 0 aromatic heterocycles. The van der Waals surface area contributed by atoms with Crippen molar-refractivity contribution in [1.29, 1.82) is 0 Å². The maximum absolute atomic E-state index is 10.3. The summed E-state index contributed by atoms with van der Waals surface area (Å²) in [6, 6.07) is 8.54. The van der Waals surface area contributed by atoms with Crippen molar-refractivity contribution in [2.24, 2.45) is 4.99 Å². The van der Waals surface area contributed by atoms with Crippen LogP contribution in [0, 0.1) is 0 Å². The number of hydrogen-bond donors (Lipinski definition) is 3. The first kappa shape index (κ1) is 21.7. The smallest absolute Gasteiger partial charge is 0.191 e. The highest BCUT2D eigenvalue weighted by Gasteiger charge is 2.30. The fraction of sp³-hybridized carbons (Fsp3) is 0.632. The Balaban J connectivity index is 0.00000243. The lowest BCUT2D eigenvalue weighted by atomic mass is 10.1. The number of halogens is 2. The van der Waals surface area contributed by atoms with Crippen LogP contribution in [0.2, 0.25) is 5.02 Å². The average Bonchev–Trinajstić information content (AvgIpc) is 3.29. The lowest BCUT2D eigenvalue weighted by Gasteiger charge is -2.24. The van der Waals surface area contributed by atoms with E-state index in [0.29, 0.717) is 17.6 Å². The maximum atomic E-state index is 10.3. The first-order valence-corrected chi connectivity index (χ1v) is 9.68. The molecule has 1 heterocycles. The lowest BCUT2D eigenvalue weighted by Crippen LogP contribution is -2.46. The van der Waals surface area contributed by atoms with Crippen molar-refractivity contribution < 1.29 is 5.11 Å². The van der Waals surface area contributed by atoms with E-state index >= 15 is 0 Å². The number of likely N-dealkylation sites (tertiary alicyclic amines) is 1. The molecule has 1 aliphatic heterocycles. The Morgan fingerprint density at radius 1 is 1.35 bits per heavy atom. The highest BCUT2D eigenvalue weighted by Crippen LogP contribution is 2.26. The molecule has 2 aliphatic rings. The molecular formula is C19H30ClIN4O. The van der Waals surface area contributed by atoms with Gasteiger partial charge in [0, 0.05) is 43.8 Å². The molecule has 1 aromatic rings. The van der Waals surface area contributed by atoms with Crippen LogP contribution in [0.5, 0.6) is 0 Å². The Bertz CT molecular complexity index is 595. The average molecular weight is 493 g/mol. The summed E-state index contributed by atoms with van der Waals surface area (Å²) < 4.78 is 0. The SMILES string of the molecule is CN=C(NCC(O)c1cccc(Cl)c1)NC1CCN(C2CCCC2)C1.I. The second kappa shape index (κ2) is 10.7. The van der Waals surface area contributed by atoms with Crippen molar-refractivity contribution >= 4 is 41.5 Å². The predicted molar refractivity (Wildman–Crippen MR) is 119 cm³/mol. The van der Waals surface area contributed by atoms with Gasteiger partial charge in [-0.25, -0.2) is 0 Å².